The first-order valence-corrected chi connectivity index (χ1v) is 7.06. The fourth-order valence-corrected chi connectivity index (χ4v) is 2.79. The minimum absolute atomic E-state index is 0.0570. The second-order valence-corrected chi connectivity index (χ2v) is 5.17. The van der Waals surface area contributed by atoms with Crippen LogP contribution < -0.4 is 10.6 Å². The van der Waals surface area contributed by atoms with E-state index in [0.29, 0.717) is 6.42 Å². The van der Waals surface area contributed by atoms with E-state index < -0.39 is 0 Å². The summed E-state index contributed by atoms with van der Waals surface area (Å²) in [6, 6.07) is -0.206. The van der Waals surface area contributed by atoms with Gasteiger partial charge in [0, 0.05) is 17.7 Å². The van der Waals surface area contributed by atoms with Gasteiger partial charge in [0.2, 0.25) is 0 Å². The van der Waals surface area contributed by atoms with Crippen LogP contribution >= 0.6 is 0 Å². The molecule has 4 nitrogen and oxygen atoms in total. The summed E-state index contributed by atoms with van der Waals surface area (Å²) in [5, 5.41) is 5.68. The van der Waals surface area contributed by atoms with Crippen molar-refractivity contribution in [2.24, 2.45) is 0 Å². The van der Waals surface area contributed by atoms with Crippen LogP contribution in [0.15, 0.2) is 11.3 Å². The van der Waals surface area contributed by atoms with Gasteiger partial charge >= 0.3 is 6.03 Å². The lowest BCUT2D eigenvalue weighted by atomic mass is 9.86. The fourth-order valence-electron chi connectivity index (χ4n) is 2.79. The predicted molar refractivity (Wildman–Crippen MR) is 70.1 cm³/mol. The summed E-state index contributed by atoms with van der Waals surface area (Å²) >= 11 is 0. The third-order valence-corrected chi connectivity index (χ3v) is 3.72. The maximum absolute atomic E-state index is 12.0. The van der Waals surface area contributed by atoms with Crippen molar-refractivity contribution in [1.82, 2.24) is 10.6 Å². The molecule has 0 bridgehead atoms. The van der Waals surface area contributed by atoms with Crippen LogP contribution in [-0.2, 0) is 4.79 Å². The number of rotatable bonds is 5. The van der Waals surface area contributed by atoms with E-state index in [4.69, 9.17) is 0 Å². The summed E-state index contributed by atoms with van der Waals surface area (Å²) in [5.74, 6) is 0.212. The van der Waals surface area contributed by atoms with Gasteiger partial charge in [-0.15, -0.1) is 0 Å². The maximum Gasteiger partial charge on any atom is 0.319 e. The van der Waals surface area contributed by atoms with Gasteiger partial charge in [-0.05, 0) is 19.3 Å². The van der Waals surface area contributed by atoms with E-state index in [1.54, 1.807) is 0 Å². The molecule has 0 aromatic carbocycles. The summed E-state index contributed by atoms with van der Waals surface area (Å²) in [7, 11) is 0. The van der Waals surface area contributed by atoms with E-state index in [-0.39, 0.29) is 17.9 Å². The largest absolute Gasteiger partial charge is 0.331 e. The predicted octanol–water partition coefficient (Wildman–Crippen LogP) is 2.65. The highest BCUT2D eigenvalue weighted by atomic mass is 16.2. The number of allylic oxidation sites excluding steroid dienone is 1. The Hall–Kier alpha value is -1.32. The number of unbranched alkanes of at least 4 members (excludes halogenated alkanes) is 3. The van der Waals surface area contributed by atoms with Gasteiger partial charge in [0.1, 0.15) is 0 Å². The SMILES string of the molecule is CCCCCCC1NC(=O)NC2=C1C(=O)CCC2. The van der Waals surface area contributed by atoms with Crippen LogP contribution in [0.4, 0.5) is 4.79 Å². The molecule has 1 aliphatic heterocycles. The van der Waals surface area contributed by atoms with Crippen LogP contribution in [0, 0.1) is 0 Å². The Bertz CT molecular complexity index is 374. The zero-order valence-corrected chi connectivity index (χ0v) is 11.1. The van der Waals surface area contributed by atoms with Crippen molar-refractivity contribution in [3.05, 3.63) is 11.3 Å². The number of hydrogen-bond acceptors (Lipinski definition) is 2. The van der Waals surface area contributed by atoms with Gasteiger partial charge in [0.25, 0.3) is 0 Å². The molecule has 0 saturated heterocycles. The smallest absolute Gasteiger partial charge is 0.319 e. The molecule has 2 rings (SSSR count). The highest BCUT2D eigenvalue weighted by Gasteiger charge is 2.32. The Morgan fingerprint density at radius 3 is 2.78 bits per heavy atom. The third-order valence-electron chi connectivity index (χ3n) is 3.72. The van der Waals surface area contributed by atoms with Crippen molar-refractivity contribution >= 4 is 11.8 Å². The van der Waals surface area contributed by atoms with Gasteiger partial charge in [-0.1, -0.05) is 32.6 Å². The first-order chi connectivity index (χ1) is 8.72. The Labute approximate surface area is 108 Å². The summed E-state index contributed by atoms with van der Waals surface area (Å²) in [6.45, 7) is 2.18. The lowest BCUT2D eigenvalue weighted by Gasteiger charge is -2.32. The molecule has 1 atom stereocenters. The number of carbonyl (C=O) groups is 2. The van der Waals surface area contributed by atoms with Crippen molar-refractivity contribution < 1.29 is 9.59 Å². The lowest BCUT2D eigenvalue weighted by molar-refractivity contribution is -0.116. The van der Waals surface area contributed by atoms with E-state index in [2.05, 4.69) is 17.6 Å². The zero-order chi connectivity index (χ0) is 13.0. The second-order valence-electron chi connectivity index (χ2n) is 5.17. The zero-order valence-electron chi connectivity index (χ0n) is 11.1. The molecule has 0 radical (unpaired) electrons. The first-order valence-electron chi connectivity index (χ1n) is 7.06. The highest BCUT2D eigenvalue weighted by molar-refractivity contribution is 6.00. The number of urea groups is 1. The Morgan fingerprint density at radius 1 is 1.17 bits per heavy atom. The Kier molecular flexibility index (Phi) is 4.39. The van der Waals surface area contributed by atoms with Crippen LogP contribution in [0.25, 0.3) is 0 Å². The summed E-state index contributed by atoms with van der Waals surface area (Å²) < 4.78 is 0. The lowest BCUT2D eigenvalue weighted by Crippen LogP contribution is -2.51. The molecule has 0 aromatic heterocycles. The minimum Gasteiger partial charge on any atom is -0.331 e. The van der Waals surface area contributed by atoms with Crippen LogP contribution in [0.1, 0.15) is 58.3 Å². The molecule has 0 fully saturated rings. The van der Waals surface area contributed by atoms with Crippen LogP contribution in [0.3, 0.4) is 0 Å². The van der Waals surface area contributed by atoms with Crippen molar-refractivity contribution in [2.75, 3.05) is 0 Å². The van der Waals surface area contributed by atoms with Crippen molar-refractivity contribution in [3.63, 3.8) is 0 Å². The second kappa shape index (κ2) is 6.03. The average Bonchev–Trinajstić information content (AvgIpc) is 2.34. The maximum atomic E-state index is 12.0. The van der Waals surface area contributed by atoms with Gasteiger partial charge in [0.05, 0.1) is 6.04 Å². The topological polar surface area (TPSA) is 58.2 Å². The van der Waals surface area contributed by atoms with E-state index in [1.807, 2.05) is 0 Å². The number of amides is 2. The van der Waals surface area contributed by atoms with Gasteiger partial charge in [0.15, 0.2) is 5.78 Å². The van der Waals surface area contributed by atoms with Crippen LogP contribution in [-0.4, -0.2) is 17.9 Å². The van der Waals surface area contributed by atoms with Crippen molar-refractivity contribution in [2.45, 2.75) is 64.3 Å². The van der Waals surface area contributed by atoms with Gasteiger partial charge in [-0.3, -0.25) is 4.79 Å². The number of carbonyl (C=O) groups excluding carboxylic acids is 2. The molecule has 100 valence electrons. The molecule has 1 heterocycles. The molecule has 1 unspecified atom stereocenters. The molecular weight excluding hydrogens is 228 g/mol. The molecule has 2 aliphatic rings. The molecule has 4 heteroatoms. The number of hydrogen-bond donors (Lipinski definition) is 2. The highest BCUT2D eigenvalue weighted by Crippen LogP contribution is 2.27. The summed E-state index contributed by atoms with van der Waals surface area (Å²) in [4.78, 5) is 23.5. The molecule has 1 aliphatic carbocycles. The van der Waals surface area contributed by atoms with E-state index in [9.17, 15) is 9.59 Å². The minimum atomic E-state index is -0.149. The summed E-state index contributed by atoms with van der Waals surface area (Å²) in [5.41, 5.74) is 1.72. The molecule has 0 saturated carbocycles. The Balaban J connectivity index is 2.02. The molecule has 2 amide bonds. The van der Waals surface area contributed by atoms with Crippen LogP contribution in [0.5, 0.6) is 0 Å². The molecule has 2 N–H and O–H groups in total. The van der Waals surface area contributed by atoms with E-state index in [1.165, 1.54) is 19.3 Å². The monoisotopic (exact) mass is 250 g/mol. The van der Waals surface area contributed by atoms with E-state index >= 15 is 0 Å². The summed E-state index contributed by atoms with van der Waals surface area (Å²) in [6.07, 6.45) is 7.88. The molecule has 0 spiro atoms. The molecular formula is C14H22N2O2. The van der Waals surface area contributed by atoms with Gasteiger partial charge in [-0.25, -0.2) is 4.79 Å². The quantitative estimate of drug-likeness (QED) is 0.737. The normalized spacial score (nSPS) is 23.5. The number of ketones is 1. The first kappa shape index (κ1) is 13.1. The number of nitrogens with one attached hydrogen (secondary N) is 2. The van der Waals surface area contributed by atoms with Crippen LogP contribution in [0.2, 0.25) is 0 Å². The molecule has 18 heavy (non-hydrogen) atoms. The van der Waals surface area contributed by atoms with E-state index in [0.717, 1.165) is 37.0 Å². The number of Topliss-reactive ketones (excluding diaryl/α,β-unsaturated/α-hetero) is 1. The van der Waals surface area contributed by atoms with Gasteiger partial charge < -0.3 is 10.6 Å². The van der Waals surface area contributed by atoms with Crippen molar-refractivity contribution in [1.29, 1.82) is 0 Å². The Morgan fingerprint density at radius 2 is 2.00 bits per heavy atom. The van der Waals surface area contributed by atoms with Gasteiger partial charge in [-0.2, -0.15) is 0 Å². The fraction of sp³-hybridized carbons (Fsp3) is 0.714. The average molecular weight is 250 g/mol. The standard InChI is InChI=1S/C14H22N2O2/c1-2-3-4-5-7-10-13-11(16-14(18)15-10)8-6-9-12(13)17/h10H,2-9H2,1H3,(H2,15,16,18). The molecule has 0 aromatic rings. The third kappa shape index (κ3) is 2.92. The van der Waals surface area contributed by atoms with Crippen molar-refractivity contribution in [3.8, 4) is 0 Å².